The second-order valence-corrected chi connectivity index (χ2v) is 8.86. The first-order valence-electron chi connectivity index (χ1n) is 10.1. The monoisotopic (exact) mass is 425 g/mol. The van der Waals surface area contributed by atoms with Gasteiger partial charge in [0.25, 0.3) is 10.0 Å². The number of amides is 1. The number of amidine groups is 1. The number of rotatable bonds is 7. The quantitative estimate of drug-likeness (QED) is 0.713. The fraction of sp³-hybridized carbons (Fsp3) is 0.304. The summed E-state index contributed by atoms with van der Waals surface area (Å²) in [4.78, 5) is 16.7. The number of benzene rings is 2. The van der Waals surface area contributed by atoms with E-state index in [1.165, 1.54) is 5.56 Å². The Labute approximate surface area is 178 Å². The Hall–Kier alpha value is -2.93. The van der Waals surface area contributed by atoms with E-state index in [-0.39, 0.29) is 23.2 Å². The van der Waals surface area contributed by atoms with Crippen LogP contribution in [0.3, 0.4) is 0 Å². The Bertz CT molecular complexity index is 1080. The Kier molecular flexibility index (Phi) is 6.72. The number of hydrogen-bond acceptors (Lipinski definition) is 4. The van der Waals surface area contributed by atoms with Gasteiger partial charge in [-0.25, -0.2) is 8.42 Å². The normalized spacial score (nSPS) is 16.6. The van der Waals surface area contributed by atoms with Gasteiger partial charge in [0.15, 0.2) is 0 Å². The Morgan fingerprint density at radius 2 is 1.60 bits per heavy atom. The molecule has 2 aromatic rings. The molecule has 0 bridgehead atoms. The molecule has 0 unspecified atom stereocenters. The van der Waals surface area contributed by atoms with Gasteiger partial charge in [-0.15, -0.1) is 0 Å². The summed E-state index contributed by atoms with van der Waals surface area (Å²) in [5.74, 6) is -0.0176. The first kappa shape index (κ1) is 21.8. The zero-order valence-electron chi connectivity index (χ0n) is 17.5. The molecule has 3 rings (SSSR count). The lowest BCUT2D eigenvalue weighted by atomic mass is 10.1. The summed E-state index contributed by atoms with van der Waals surface area (Å²) >= 11 is 0. The molecule has 1 aliphatic rings. The molecule has 0 aliphatic carbocycles. The van der Waals surface area contributed by atoms with Crippen LogP contribution < -0.4 is 10.0 Å². The van der Waals surface area contributed by atoms with Crippen molar-refractivity contribution in [3.05, 3.63) is 76.4 Å². The van der Waals surface area contributed by atoms with E-state index in [0.717, 1.165) is 17.5 Å². The van der Waals surface area contributed by atoms with Gasteiger partial charge >= 0.3 is 0 Å². The van der Waals surface area contributed by atoms with E-state index < -0.39 is 10.0 Å². The number of carbonyl (C=O) groups is 1. The van der Waals surface area contributed by atoms with Gasteiger partial charge < -0.3 is 5.32 Å². The van der Waals surface area contributed by atoms with Crippen LogP contribution in [0.15, 0.2) is 59.1 Å². The van der Waals surface area contributed by atoms with Gasteiger partial charge in [-0.05, 0) is 36.5 Å². The summed E-state index contributed by atoms with van der Waals surface area (Å²) in [6, 6.07) is 15.4. The average Bonchev–Trinajstić information content (AvgIpc) is 3.01. The van der Waals surface area contributed by atoms with Crippen molar-refractivity contribution >= 4 is 26.7 Å². The Balaban J connectivity index is 1.72. The standard InChI is InChI=1S/C23H27N3O3S/c1-4-17-8-10-18(11-9-17)14-24-21(27)15-25-23-20(5-2)22(30(28,29)26-23)19-12-6-16(3)7-13-19/h6-13H,4-5,14-15H2,1-3H3,(H,24,27)(H,25,26). The third kappa shape index (κ3) is 4.97. The van der Waals surface area contributed by atoms with Crippen molar-refractivity contribution in [1.29, 1.82) is 0 Å². The van der Waals surface area contributed by atoms with E-state index in [1.807, 2.05) is 50.2 Å². The highest BCUT2D eigenvalue weighted by atomic mass is 32.2. The van der Waals surface area contributed by atoms with Gasteiger partial charge in [0.1, 0.15) is 17.3 Å². The van der Waals surface area contributed by atoms with Gasteiger partial charge in [-0.2, -0.15) is 0 Å². The lowest BCUT2D eigenvalue weighted by Crippen LogP contribution is -2.28. The smallest absolute Gasteiger partial charge is 0.264 e. The summed E-state index contributed by atoms with van der Waals surface area (Å²) in [7, 11) is -3.71. The summed E-state index contributed by atoms with van der Waals surface area (Å²) in [5.41, 5.74) is 4.52. The molecule has 158 valence electrons. The number of aliphatic imine (C=N–C) groups is 1. The molecule has 7 heteroatoms. The summed E-state index contributed by atoms with van der Waals surface area (Å²) in [5, 5.41) is 2.82. The second kappa shape index (κ2) is 9.26. The zero-order valence-corrected chi connectivity index (χ0v) is 18.3. The SMILES string of the molecule is CCC1=C(c2ccc(C)cc2)S(=O)(=O)NC1=NCC(=O)NCc1ccc(CC)cc1. The third-order valence-electron chi connectivity index (χ3n) is 5.03. The molecule has 0 saturated carbocycles. The lowest BCUT2D eigenvalue weighted by Gasteiger charge is -2.06. The molecule has 0 spiro atoms. The molecule has 0 atom stereocenters. The highest BCUT2D eigenvalue weighted by molar-refractivity contribution is 8.00. The third-order valence-corrected chi connectivity index (χ3v) is 6.51. The topological polar surface area (TPSA) is 87.6 Å². The largest absolute Gasteiger partial charge is 0.350 e. The van der Waals surface area contributed by atoms with Crippen LogP contribution >= 0.6 is 0 Å². The molecular weight excluding hydrogens is 398 g/mol. The molecular formula is C23H27N3O3S. The first-order valence-corrected chi connectivity index (χ1v) is 11.5. The van der Waals surface area contributed by atoms with Crippen LogP contribution in [0.25, 0.3) is 4.91 Å². The molecule has 6 nitrogen and oxygen atoms in total. The molecule has 2 N–H and O–H groups in total. The number of nitrogens with zero attached hydrogens (tertiary/aromatic N) is 1. The molecule has 0 fully saturated rings. The van der Waals surface area contributed by atoms with Crippen LogP contribution in [0.4, 0.5) is 0 Å². The summed E-state index contributed by atoms with van der Waals surface area (Å²) in [6.07, 6.45) is 1.46. The van der Waals surface area contributed by atoms with Crippen LogP contribution in [0.1, 0.15) is 42.5 Å². The highest BCUT2D eigenvalue weighted by Gasteiger charge is 2.34. The van der Waals surface area contributed by atoms with Crippen LogP contribution in [-0.2, 0) is 27.8 Å². The zero-order chi connectivity index (χ0) is 21.7. The average molecular weight is 426 g/mol. The maximum Gasteiger partial charge on any atom is 0.264 e. The van der Waals surface area contributed by atoms with E-state index in [4.69, 9.17) is 0 Å². The second-order valence-electron chi connectivity index (χ2n) is 7.24. The fourth-order valence-electron chi connectivity index (χ4n) is 3.30. The number of nitrogens with one attached hydrogen (secondary N) is 2. The van der Waals surface area contributed by atoms with Crippen molar-refractivity contribution in [3.8, 4) is 0 Å². The van der Waals surface area contributed by atoms with Gasteiger partial charge in [0.05, 0.1) is 0 Å². The molecule has 30 heavy (non-hydrogen) atoms. The van der Waals surface area contributed by atoms with Crippen molar-refractivity contribution in [2.75, 3.05) is 6.54 Å². The maximum absolute atomic E-state index is 12.7. The number of aryl methyl sites for hydroxylation is 2. The molecule has 0 radical (unpaired) electrons. The minimum atomic E-state index is -3.71. The summed E-state index contributed by atoms with van der Waals surface area (Å²) < 4.78 is 27.9. The molecule has 0 aromatic heterocycles. The lowest BCUT2D eigenvalue weighted by molar-refractivity contribution is -0.119. The van der Waals surface area contributed by atoms with E-state index in [9.17, 15) is 13.2 Å². The summed E-state index contributed by atoms with van der Waals surface area (Å²) in [6.45, 7) is 6.18. The molecule has 1 heterocycles. The van der Waals surface area contributed by atoms with Gasteiger partial charge in [0, 0.05) is 12.1 Å². The number of sulfonamides is 1. The first-order chi connectivity index (χ1) is 14.3. The minimum absolute atomic E-state index is 0.143. The van der Waals surface area contributed by atoms with Crippen LogP contribution in [-0.4, -0.2) is 26.7 Å². The van der Waals surface area contributed by atoms with Crippen molar-refractivity contribution in [2.45, 2.75) is 40.2 Å². The molecule has 1 amide bonds. The maximum atomic E-state index is 12.7. The van der Waals surface area contributed by atoms with Crippen LogP contribution in [0.5, 0.6) is 0 Å². The molecule has 1 aliphatic heterocycles. The highest BCUT2D eigenvalue weighted by Crippen LogP contribution is 2.31. The van der Waals surface area contributed by atoms with Crippen molar-refractivity contribution in [3.63, 3.8) is 0 Å². The molecule has 0 saturated heterocycles. The molecule has 2 aromatic carbocycles. The van der Waals surface area contributed by atoms with Gasteiger partial charge in [-0.3, -0.25) is 14.5 Å². The van der Waals surface area contributed by atoms with Crippen molar-refractivity contribution in [1.82, 2.24) is 10.0 Å². The van der Waals surface area contributed by atoms with Gasteiger partial charge in [0.2, 0.25) is 5.91 Å². The number of hydrogen-bond donors (Lipinski definition) is 2. The Morgan fingerprint density at radius 3 is 2.20 bits per heavy atom. The van der Waals surface area contributed by atoms with Gasteiger partial charge in [-0.1, -0.05) is 67.9 Å². The fourth-order valence-corrected chi connectivity index (χ4v) is 4.86. The van der Waals surface area contributed by atoms with E-state index in [1.54, 1.807) is 12.1 Å². The predicted molar refractivity (Wildman–Crippen MR) is 120 cm³/mol. The number of carbonyl (C=O) groups excluding carboxylic acids is 1. The van der Waals surface area contributed by atoms with E-state index in [2.05, 4.69) is 22.0 Å². The van der Waals surface area contributed by atoms with Crippen LogP contribution in [0.2, 0.25) is 0 Å². The van der Waals surface area contributed by atoms with Crippen molar-refractivity contribution < 1.29 is 13.2 Å². The van der Waals surface area contributed by atoms with Crippen LogP contribution in [0, 0.1) is 6.92 Å². The predicted octanol–water partition coefficient (Wildman–Crippen LogP) is 3.33. The van der Waals surface area contributed by atoms with E-state index >= 15 is 0 Å². The Morgan fingerprint density at radius 1 is 0.967 bits per heavy atom. The van der Waals surface area contributed by atoms with Crippen molar-refractivity contribution in [2.24, 2.45) is 4.99 Å². The van der Waals surface area contributed by atoms with E-state index in [0.29, 0.717) is 24.1 Å². The minimum Gasteiger partial charge on any atom is -0.350 e.